The minimum absolute atomic E-state index is 0.155. The summed E-state index contributed by atoms with van der Waals surface area (Å²) < 4.78 is 2.64. The summed E-state index contributed by atoms with van der Waals surface area (Å²) in [6.07, 6.45) is 2.43. The van der Waals surface area contributed by atoms with Gasteiger partial charge in [-0.3, -0.25) is 4.79 Å². The van der Waals surface area contributed by atoms with Crippen LogP contribution in [0.15, 0.2) is 46.7 Å². The van der Waals surface area contributed by atoms with Crippen molar-refractivity contribution >= 4 is 42.9 Å². The Morgan fingerprint density at radius 2 is 2.14 bits per heavy atom. The molecule has 22 heavy (non-hydrogen) atoms. The number of hydrogen-bond acceptors (Lipinski definition) is 6. The van der Waals surface area contributed by atoms with E-state index in [0.717, 1.165) is 18.1 Å². The zero-order valence-corrected chi connectivity index (χ0v) is 13.2. The van der Waals surface area contributed by atoms with Crippen LogP contribution in [-0.4, -0.2) is 21.1 Å². The highest BCUT2D eigenvalue weighted by atomic mass is 32.1. The van der Waals surface area contributed by atoms with Gasteiger partial charge in [-0.05, 0) is 28.8 Å². The molecule has 0 aliphatic rings. The zero-order chi connectivity index (χ0) is 14.9. The van der Waals surface area contributed by atoms with E-state index in [4.69, 9.17) is 0 Å². The summed E-state index contributed by atoms with van der Waals surface area (Å²) in [6, 6.07) is 9.84. The largest absolute Gasteiger partial charge is 0.360 e. The quantitative estimate of drug-likeness (QED) is 0.625. The summed E-state index contributed by atoms with van der Waals surface area (Å²) in [5.41, 5.74) is 1.18. The Balaban J connectivity index is 1.50. The first-order valence-corrected chi connectivity index (χ1v) is 8.55. The molecule has 0 spiro atoms. The van der Waals surface area contributed by atoms with E-state index in [9.17, 15) is 4.79 Å². The molecule has 3 heterocycles. The highest BCUT2D eigenvalue weighted by molar-refractivity contribution is 7.20. The molecule has 0 aliphatic heterocycles. The van der Waals surface area contributed by atoms with Crippen LogP contribution in [0, 0.1) is 0 Å². The Hall–Kier alpha value is -2.25. The fourth-order valence-electron chi connectivity index (χ4n) is 2.35. The van der Waals surface area contributed by atoms with Crippen LogP contribution in [0.5, 0.6) is 0 Å². The second-order valence-electron chi connectivity index (χ2n) is 4.82. The third kappa shape index (κ3) is 2.38. The van der Waals surface area contributed by atoms with E-state index in [1.165, 1.54) is 43.8 Å². The van der Waals surface area contributed by atoms with Crippen molar-refractivity contribution in [3.63, 3.8) is 0 Å². The molecule has 1 aromatic carbocycles. The van der Waals surface area contributed by atoms with Crippen LogP contribution in [0.3, 0.4) is 0 Å². The van der Waals surface area contributed by atoms with Crippen molar-refractivity contribution in [2.75, 3.05) is 11.9 Å². The molecule has 0 aliphatic carbocycles. The number of hydrogen-bond donors (Lipinski definition) is 1. The number of anilines is 1. The summed E-state index contributed by atoms with van der Waals surface area (Å²) in [4.78, 5) is 16.4. The summed E-state index contributed by atoms with van der Waals surface area (Å²) in [5, 5.41) is 11.8. The van der Waals surface area contributed by atoms with Crippen LogP contribution in [-0.2, 0) is 6.42 Å². The van der Waals surface area contributed by atoms with E-state index >= 15 is 0 Å². The highest BCUT2D eigenvalue weighted by Crippen LogP contribution is 2.26. The van der Waals surface area contributed by atoms with Gasteiger partial charge in [0.05, 0.1) is 0 Å². The summed E-state index contributed by atoms with van der Waals surface area (Å²) in [5.74, 6) is 0. The molecule has 0 bridgehead atoms. The Bertz CT molecular complexity index is 1000. The van der Waals surface area contributed by atoms with Gasteiger partial charge in [-0.2, -0.15) is 4.52 Å². The zero-order valence-electron chi connectivity index (χ0n) is 11.5. The predicted molar refractivity (Wildman–Crippen MR) is 91.2 cm³/mol. The first-order chi connectivity index (χ1) is 10.8. The van der Waals surface area contributed by atoms with Crippen LogP contribution >= 0.6 is 22.7 Å². The lowest BCUT2D eigenvalue weighted by atomic mass is 10.1. The first-order valence-electron chi connectivity index (χ1n) is 6.85. The van der Waals surface area contributed by atoms with Crippen molar-refractivity contribution in [1.82, 2.24) is 14.6 Å². The van der Waals surface area contributed by atoms with Crippen LogP contribution < -0.4 is 10.9 Å². The van der Waals surface area contributed by atoms with Gasteiger partial charge in [0.2, 0.25) is 10.1 Å². The fraction of sp³-hybridized carbons (Fsp3) is 0.133. The lowest BCUT2D eigenvalue weighted by molar-refractivity contribution is 0.892. The SMILES string of the molecule is O=c1ccnc2sc(NCCc3csc4ccccc34)nn12. The number of fused-ring (bicyclic) bond motifs is 2. The van der Waals surface area contributed by atoms with Gasteiger partial charge in [0.15, 0.2) is 0 Å². The lowest BCUT2D eigenvalue weighted by Crippen LogP contribution is -2.13. The number of thiophene rings is 1. The molecular formula is C15H12N4OS2. The molecule has 0 atom stereocenters. The number of nitrogens with zero attached hydrogens (tertiary/aromatic N) is 3. The smallest absolute Gasteiger partial charge is 0.275 e. The summed E-state index contributed by atoms with van der Waals surface area (Å²) >= 11 is 3.15. The average molecular weight is 328 g/mol. The Morgan fingerprint density at radius 1 is 1.23 bits per heavy atom. The number of aromatic nitrogens is 3. The van der Waals surface area contributed by atoms with Crippen LogP contribution in [0.4, 0.5) is 5.13 Å². The van der Waals surface area contributed by atoms with Gasteiger partial charge in [-0.25, -0.2) is 4.98 Å². The van der Waals surface area contributed by atoms with Gasteiger partial charge >= 0.3 is 0 Å². The molecule has 0 saturated heterocycles. The topological polar surface area (TPSA) is 59.3 Å². The number of benzene rings is 1. The lowest BCUT2D eigenvalue weighted by Gasteiger charge is -2.01. The van der Waals surface area contributed by atoms with Crippen LogP contribution in [0.2, 0.25) is 0 Å². The third-order valence-electron chi connectivity index (χ3n) is 3.40. The van der Waals surface area contributed by atoms with E-state index in [-0.39, 0.29) is 5.56 Å². The normalized spacial score (nSPS) is 11.3. The third-order valence-corrected chi connectivity index (χ3v) is 5.30. The standard InChI is InChI=1S/C15H12N4OS2/c20-13-6-8-17-15-19(13)18-14(22-15)16-7-5-10-9-21-12-4-2-1-3-11(10)12/h1-4,6,8-9H,5,7H2,(H,16,18). The van der Waals surface area contributed by atoms with Gasteiger partial charge in [-0.15, -0.1) is 16.4 Å². The minimum atomic E-state index is -0.155. The molecule has 4 aromatic rings. The second kappa shape index (κ2) is 5.51. The number of rotatable bonds is 4. The first kappa shape index (κ1) is 13.4. The van der Waals surface area contributed by atoms with E-state index in [2.05, 4.69) is 45.0 Å². The molecule has 7 heteroatoms. The molecule has 0 saturated carbocycles. The maximum Gasteiger partial charge on any atom is 0.275 e. The molecule has 5 nitrogen and oxygen atoms in total. The minimum Gasteiger partial charge on any atom is -0.360 e. The van der Waals surface area contributed by atoms with Crippen molar-refractivity contribution in [3.05, 3.63) is 57.8 Å². The van der Waals surface area contributed by atoms with Crippen molar-refractivity contribution in [2.45, 2.75) is 6.42 Å². The number of nitrogens with one attached hydrogen (secondary N) is 1. The van der Waals surface area contributed by atoms with Gasteiger partial charge in [0.25, 0.3) is 5.56 Å². The molecule has 1 N–H and O–H groups in total. The van der Waals surface area contributed by atoms with E-state index in [1.54, 1.807) is 11.3 Å². The van der Waals surface area contributed by atoms with Crippen molar-refractivity contribution in [1.29, 1.82) is 0 Å². The average Bonchev–Trinajstić information content (AvgIpc) is 3.13. The van der Waals surface area contributed by atoms with Gasteiger partial charge < -0.3 is 5.32 Å². The molecule has 0 fully saturated rings. The maximum atomic E-state index is 11.6. The van der Waals surface area contributed by atoms with Crippen molar-refractivity contribution in [3.8, 4) is 0 Å². The van der Waals surface area contributed by atoms with Crippen LogP contribution in [0.1, 0.15) is 5.56 Å². The molecule has 0 radical (unpaired) electrons. The van der Waals surface area contributed by atoms with Crippen molar-refractivity contribution in [2.24, 2.45) is 0 Å². The van der Waals surface area contributed by atoms with Gasteiger partial charge in [0.1, 0.15) is 0 Å². The Labute approximate surface area is 133 Å². The summed E-state index contributed by atoms with van der Waals surface area (Å²) in [7, 11) is 0. The Morgan fingerprint density at radius 3 is 3.05 bits per heavy atom. The second-order valence-corrected chi connectivity index (χ2v) is 6.69. The molecule has 0 unspecified atom stereocenters. The molecular weight excluding hydrogens is 316 g/mol. The molecule has 0 amide bonds. The van der Waals surface area contributed by atoms with Gasteiger partial charge in [-0.1, -0.05) is 29.5 Å². The molecule has 3 aromatic heterocycles. The Kier molecular flexibility index (Phi) is 3.36. The van der Waals surface area contributed by atoms with E-state index in [0.29, 0.717) is 4.96 Å². The molecule has 4 rings (SSSR count). The summed E-state index contributed by atoms with van der Waals surface area (Å²) in [6.45, 7) is 0.773. The van der Waals surface area contributed by atoms with E-state index in [1.807, 2.05) is 0 Å². The fourth-order valence-corrected chi connectivity index (χ4v) is 4.14. The highest BCUT2D eigenvalue weighted by Gasteiger charge is 2.06. The predicted octanol–water partition coefficient (Wildman–Crippen LogP) is 3.02. The van der Waals surface area contributed by atoms with Crippen molar-refractivity contribution < 1.29 is 0 Å². The van der Waals surface area contributed by atoms with Crippen LogP contribution in [0.25, 0.3) is 15.0 Å². The monoisotopic (exact) mass is 328 g/mol. The maximum absolute atomic E-state index is 11.6. The molecule has 110 valence electrons. The van der Waals surface area contributed by atoms with Gasteiger partial charge in [0, 0.05) is 23.5 Å². The van der Waals surface area contributed by atoms with E-state index < -0.39 is 0 Å².